The van der Waals surface area contributed by atoms with E-state index >= 15 is 0 Å². The van der Waals surface area contributed by atoms with Crippen LogP contribution in [0.3, 0.4) is 0 Å². The van der Waals surface area contributed by atoms with Crippen molar-refractivity contribution in [1.29, 1.82) is 0 Å². The molecule has 0 bridgehead atoms. The van der Waals surface area contributed by atoms with Gasteiger partial charge in [0.25, 0.3) is 5.78 Å². The molecule has 6 heteroatoms. The van der Waals surface area contributed by atoms with Crippen molar-refractivity contribution in [2.24, 2.45) is 5.92 Å². The minimum Gasteiger partial charge on any atom is -0.497 e. The van der Waals surface area contributed by atoms with Gasteiger partial charge in [-0.1, -0.05) is 12.1 Å². The Hall–Kier alpha value is -2.37. The van der Waals surface area contributed by atoms with Crippen LogP contribution in [0.5, 0.6) is 5.75 Å². The molecule has 0 aliphatic heterocycles. The molecule has 0 radical (unpaired) electrons. The predicted octanol–water partition coefficient (Wildman–Crippen LogP) is 2.33. The standard InChI is InChI=1S/C18H24O6/c1-4-23-17(20)15(16(19)18(21)24-5-2)8-6-7-13-9-11-14(22-3)12-10-13/h9-12,15H,4-8H2,1-3H3. The molecular weight excluding hydrogens is 312 g/mol. The summed E-state index contributed by atoms with van der Waals surface area (Å²) in [4.78, 5) is 35.6. The molecule has 1 aromatic carbocycles. The third-order valence-corrected chi connectivity index (χ3v) is 3.48. The van der Waals surface area contributed by atoms with Crippen LogP contribution in [0.4, 0.5) is 0 Å². The first-order valence-electron chi connectivity index (χ1n) is 8.04. The molecule has 0 aliphatic rings. The van der Waals surface area contributed by atoms with Gasteiger partial charge in [-0.15, -0.1) is 0 Å². The molecule has 0 aliphatic carbocycles. The topological polar surface area (TPSA) is 78.9 Å². The van der Waals surface area contributed by atoms with Crippen LogP contribution >= 0.6 is 0 Å². The molecule has 6 nitrogen and oxygen atoms in total. The van der Waals surface area contributed by atoms with Gasteiger partial charge >= 0.3 is 11.9 Å². The van der Waals surface area contributed by atoms with E-state index in [1.54, 1.807) is 21.0 Å². The maximum atomic E-state index is 12.1. The molecule has 0 amide bonds. The summed E-state index contributed by atoms with van der Waals surface area (Å²) in [6, 6.07) is 7.54. The molecule has 1 unspecified atom stereocenters. The summed E-state index contributed by atoms with van der Waals surface area (Å²) in [5.41, 5.74) is 1.06. The maximum absolute atomic E-state index is 12.1. The van der Waals surface area contributed by atoms with Crippen molar-refractivity contribution in [2.75, 3.05) is 20.3 Å². The molecule has 0 N–H and O–H groups in total. The van der Waals surface area contributed by atoms with Crippen molar-refractivity contribution in [2.45, 2.75) is 33.1 Å². The molecule has 0 fully saturated rings. The number of carbonyl (C=O) groups is 3. The first-order chi connectivity index (χ1) is 11.5. The van der Waals surface area contributed by atoms with Crippen LogP contribution in [0, 0.1) is 5.92 Å². The molecule has 0 saturated carbocycles. The quantitative estimate of drug-likeness (QED) is 0.371. The average molecular weight is 336 g/mol. The second-order valence-electron chi connectivity index (χ2n) is 5.13. The van der Waals surface area contributed by atoms with E-state index in [1.807, 2.05) is 24.3 Å². The minimum absolute atomic E-state index is 0.0893. The third kappa shape index (κ3) is 6.02. The first-order valence-corrected chi connectivity index (χ1v) is 8.04. The van der Waals surface area contributed by atoms with Crippen molar-refractivity contribution in [1.82, 2.24) is 0 Å². The Morgan fingerprint density at radius 3 is 2.17 bits per heavy atom. The number of esters is 2. The van der Waals surface area contributed by atoms with Crippen molar-refractivity contribution in [3.8, 4) is 5.75 Å². The fraction of sp³-hybridized carbons (Fsp3) is 0.500. The van der Waals surface area contributed by atoms with E-state index in [-0.39, 0.29) is 19.6 Å². The van der Waals surface area contributed by atoms with Crippen LogP contribution in [-0.2, 0) is 30.3 Å². The summed E-state index contributed by atoms with van der Waals surface area (Å²) in [7, 11) is 1.60. The summed E-state index contributed by atoms with van der Waals surface area (Å²) in [5.74, 6) is -2.85. The van der Waals surface area contributed by atoms with Crippen molar-refractivity contribution in [3.63, 3.8) is 0 Å². The van der Waals surface area contributed by atoms with E-state index in [0.29, 0.717) is 12.8 Å². The largest absolute Gasteiger partial charge is 0.497 e. The molecular formula is C18H24O6. The number of Topliss-reactive ketones (excluding diaryl/α,β-unsaturated/α-hetero) is 1. The highest BCUT2D eigenvalue weighted by Gasteiger charge is 2.33. The van der Waals surface area contributed by atoms with Crippen LogP contribution in [0.2, 0.25) is 0 Å². The lowest BCUT2D eigenvalue weighted by Gasteiger charge is -2.13. The molecule has 1 atom stereocenters. The molecule has 0 spiro atoms. The molecule has 1 rings (SSSR count). The summed E-state index contributed by atoms with van der Waals surface area (Å²) < 4.78 is 14.7. The number of aryl methyl sites for hydroxylation is 1. The Bertz CT molecular complexity index is 549. The van der Waals surface area contributed by atoms with E-state index in [2.05, 4.69) is 0 Å². The maximum Gasteiger partial charge on any atom is 0.375 e. The SMILES string of the molecule is CCOC(=O)C(=O)C(CCCc1ccc(OC)cc1)C(=O)OCC. The number of benzene rings is 1. The summed E-state index contributed by atoms with van der Waals surface area (Å²) in [6.45, 7) is 3.51. The predicted molar refractivity (Wildman–Crippen MR) is 87.7 cm³/mol. The fourth-order valence-corrected chi connectivity index (χ4v) is 2.25. The van der Waals surface area contributed by atoms with Gasteiger partial charge in [-0.05, 0) is 50.8 Å². The van der Waals surface area contributed by atoms with Gasteiger partial charge in [-0.3, -0.25) is 9.59 Å². The number of carbonyl (C=O) groups excluding carboxylic acids is 3. The molecule has 1 aromatic rings. The number of hydrogen-bond donors (Lipinski definition) is 0. The fourth-order valence-electron chi connectivity index (χ4n) is 2.25. The van der Waals surface area contributed by atoms with E-state index in [0.717, 1.165) is 11.3 Å². The Balaban J connectivity index is 2.65. The number of ether oxygens (including phenoxy) is 3. The number of methoxy groups -OCH3 is 1. The Morgan fingerprint density at radius 1 is 1.00 bits per heavy atom. The second kappa shape index (κ2) is 10.4. The van der Waals surface area contributed by atoms with Gasteiger partial charge in [-0.25, -0.2) is 4.79 Å². The average Bonchev–Trinajstić information content (AvgIpc) is 2.59. The number of ketones is 1. The van der Waals surface area contributed by atoms with E-state index in [9.17, 15) is 14.4 Å². The Morgan fingerprint density at radius 2 is 1.62 bits per heavy atom. The highest BCUT2D eigenvalue weighted by atomic mass is 16.5. The van der Waals surface area contributed by atoms with Crippen LogP contribution in [-0.4, -0.2) is 38.0 Å². The van der Waals surface area contributed by atoms with Gasteiger partial charge in [-0.2, -0.15) is 0 Å². The van der Waals surface area contributed by atoms with Crippen molar-refractivity contribution < 1.29 is 28.6 Å². The zero-order chi connectivity index (χ0) is 17.9. The van der Waals surface area contributed by atoms with E-state index < -0.39 is 23.6 Å². The van der Waals surface area contributed by atoms with Crippen molar-refractivity contribution in [3.05, 3.63) is 29.8 Å². The van der Waals surface area contributed by atoms with Gasteiger partial charge in [0, 0.05) is 0 Å². The first kappa shape index (κ1) is 19.7. The smallest absolute Gasteiger partial charge is 0.375 e. The summed E-state index contributed by atoms with van der Waals surface area (Å²) in [5, 5.41) is 0. The Kier molecular flexibility index (Phi) is 8.54. The lowest BCUT2D eigenvalue weighted by atomic mass is 9.95. The monoisotopic (exact) mass is 336 g/mol. The summed E-state index contributed by atoms with van der Waals surface area (Å²) in [6.07, 6.45) is 1.49. The van der Waals surface area contributed by atoms with E-state index in [4.69, 9.17) is 14.2 Å². The van der Waals surface area contributed by atoms with Gasteiger partial charge < -0.3 is 14.2 Å². The van der Waals surface area contributed by atoms with Gasteiger partial charge in [0.1, 0.15) is 11.7 Å². The lowest BCUT2D eigenvalue weighted by molar-refractivity contribution is -0.162. The van der Waals surface area contributed by atoms with Gasteiger partial charge in [0.05, 0.1) is 20.3 Å². The van der Waals surface area contributed by atoms with Crippen LogP contribution in [0.15, 0.2) is 24.3 Å². The number of hydrogen-bond acceptors (Lipinski definition) is 6. The summed E-state index contributed by atoms with van der Waals surface area (Å²) >= 11 is 0. The molecule has 0 aromatic heterocycles. The number of rotatable bonds is 10. The molecule has 0 saturated heterocycles. The zero-order valence-corrected chi connectivity index (χ0v) is 14.4. The molecule has 132 valence electrons. The van der Waals surface area contributed by atoms with Crippen LogP contribution < -0.4 is 4.74 Å². The highest BCUT2D eigenvalue weighted by molar-refractivity contribution is 6.37. The van der Waals surface area contributed by atoms with Gasteiger partial charge in [0.2, 0.25) is 0 Å². The van der Waals surface area contributed by atoms with Crippen LogP contribution in [0.1, 0.15) is 32.3 Å². The van der Waals surface area contributed by atoms with Gasteiger partial charge in [0.15, 0.2) is 0 Å². The molecule has 0 heterocycles. The Labute approximate surface area is 142 Å². The highest BCUT2D eigenvalue weighted by Crippen LogP contribution is 2.17. The van der Waals surface area contributed by atoms with Crippen molar-refractivity contribution >= 4 is 17.7 Å². The zero-order valence-electron chi connectivity index (χ0n) is 14.4. The normalized spacial score (nSPS) is 11.5. The minimum atomic E-state index is -1.11. The third-order valence-electron chi connectivity index (χ3n) is 3.48. The second-order valence-corrected chi connectivity index (χ2v) is 5.13. The van der Waals surface area contributed by atoms with E-state index in [1.165, 1.54) is 0 Å². The lowest BCUT2D eigenvalue weighted by Crippen LogP contribution is -2.33. The molecule has 24 heavy (non-hydrogen) atoms. The van der Waals surface area contributed by atoms with Crippen LogP contribution in [0.25, 0.3) is 0 Å².